The molecule has 246 valence electrons. The number of anilines is 1. The van der Waals surface area contributed by atoms with Crippen molar-refractivity contribution >= 4 is 38.5 Å². The predicted octanol–water partition coefficient (Wildman–Crippen LogP) is -4.14. The van der Waals surface area contributed by atoms with Crippen LogP contribution in [-0.2, 0) is 32.0 Å². The Labute approximate surface area is 251 Å². The van der Waals surface area contributed by atoms with E-state index in [4.69, 9.17) is 25.6 Å². The number of nitrogens with one attached hydrogen (secondary N) is 1. The molecule has 10 atom stereocenters. The van der Waals surface area contributed by atoms with E-state index in [1.165, 1.54) is 40.0 Å². The lowest BCUT2D eigenvalue weighted by Gasteiger charge is -2.22. The Morgan fingerprint density at radius 3 is 2.27 bits per heavy atom. The third-order valence-corrected chi connectivity index (χ3v) is 9.46. The molecule has 2 aliphatic rings. The number of ether oxygens (including phenoxy) is 2. The summed E-state index contributed by atoms with van der Waals surface area (Å²) in [5, 5.41) is 43.8. The fraction of sp³-hybridized carbons (Fsp3) is 0.476. The molecule has 0 saturated carbocycles. The van der Waals surface area contributed by atoms with Gasteiger partial charge in [0.05, 0.1) is 31.2 Å². The normalized spacial score (nSPS) is 31.1. The highest BCUT2D eigenvalue weighted by atomic mass is 31.3. The molecule has 3 aromatic heterocycles. The molecule has 10 N–H and O–H groups in total. The molecule has 0 aliphatic carbocycles. The number of hydrazine groups is 1. The van der Waals surface area contributed by atoms with E-state index in [1.807, 2.05) is 5.43 Å². The van der Waals surface area contributed by atoms with E-state index >= 15 is 0 Å². The van der Waals surface area contributed by atoms with E-state index in [9.17, 15) is 44.1 Å². The lowest BCUT2D eigenvalue weighted by atomic mass is 10.1. The fourth-order valence-electron chi connectivity index (χ4n) is 4.60. The van der Waals surface area contributed by atoms with Gasteiger partial charge in [-0.25, -0.2) is 29.9 Å². The summed E-state index contributed by atoms with van der Waals surface area (Å²) in [6, 6.07) is 2.65. The van der Waals surface area contributed by atoms with Gasteiger partial charge in [0.1, 0.15) is 36.3 Å². The number of imidazole rings is 1. The van der Waals surface area contributed by atoms with Crippen molar-refractivity contribution in [1.82, 2.24) is 24.9 Å². The second-order valence-electron chi connectivity index (χ2n) is 9.77. The number of carbonyl (C=O) groups excluding carboxylic acids is 1. The molecule has 5 heterocycles. The van der Waals surface area contributed by atoms with Crippen molar-refractivity contribution in [2.75, 3.05) is 18.9 Å². The SMILES string of the molecule is NNC(=O)c1cc[n+]([C@@H]2O[C@H](COP(=O)(O)OP(=O)(O)OC[C@H]3O[C@@H](n4cnc5c(N)ncnc54)[C@H](O)[C@@H]3O)[C@@H](O)[C@H]2[O-])cc1. The minimum Gasteiger partial charge on any atom is -0.843 e. The number of aromatic nitrogens is 5. The zero-order valence-electron chi connectivity index (χ0n) is 22.7. The van der Waals surface area contributed by atoms with E-state index in [0.29, 0.717) is 0 Å². The van der Waals surface area contributed by atoms with Gasteiger partial charge in [0.25, 0.3) is 12.1 Å². The Kier molecular flexibility index (Phi) is 9.61. The number of rotatable bonds is 11. The van der Waals surface area contributed by atoms with Crippen LogP contribution in [-0.4, -0.2) is 100 Å². The van der Waals surface area contributed by atoms with Gasteiger partial charge in [-0.05, 0) is 6.10 Å². The van der Waals surface area contributed by atoms with Crippen LogP contribution in [0.3, 0.4) is 0 Å². The maximum Gasteiger partial charge on any atom is 0.481 e. The van der Waals surface area contributed by atoms with Gasteiger partial charge in [0, 0.05) is 12.1 Å². The first kappa shape index (κ1) is 33.3. The minimum absolute atomic E-state index is 0.0475. The number of nitrogens with two attached hydrogens (primary N) is 2. The molecule has 2 unspecified atom stereocenters. The summed E-state index contributed by atoms with van der Waals surface area (Å²) in [6.07, 6.45) is -7.33. The Bertz CT molecular complexity index is 1630. The minimum atomic E-state index is -5.38. The lowest BCUT2D eigenvalue weighted by molar-refractivity contribution is -0.782. The second-order valence-corrected chi connectivity index (χ2v) is 12.8. The molecule has 1 amide bonds. The summed E-state index contributed by atoms with van der Waals surface area (Å²) >= 11 is 0. The molecule has 2 aliphatic heterocycles. The molecule has 0 spiro atoms. The Morgan fingerprint density at radius 2 is 1.64 bits per heavy atom. The van der Waals surface area contributed by atoms with Gasteiger partial charge >= 0.3 is 15.6 Å². The van der Waals surface area contributed by atoms with Crippen LogP contribution in [0.2, 0.25) is 0 Å². The molecule has 5 rings (SSSR count). The zero-order chi connectivity index (χ0) is 32.7. The second kappa shape index (κ2) is 13.0. The molecule has 0 aromatic carbocycles. The van der Waals surface area contributed by atoms with E-state index < -0.39 is 83.8 Å². The summed E-state index contributed by atoms with van der Waals surface area (Å²) in [7, 11) is -10.8. The highest BCUT2D eigenvalue weighted by Gasteiger charge is 2.47. The van der Waals surface area contributed by atoms with Gasteiger partial charge in [-0.1, -0.05) is 0 Å². The standard InChI is InChI=1S/C21H27N8O14P2/c22-17-12-18(25-7-24-17)29(8-26-12)21-16(33)14(31)11(42-21)6-40-45(37,38)43-44(35,36)39-5-10-13(30)15(32)20(41-10)28-3-1-9(2-4-28)19(34)27-23/h1-4,7-8,10-11,13-16,20-21,23,30-31,33H,5-6H2,(H5,22,24,25,34,35,36,37,38)/q-1/p+1/t10-,11-,13-,14-,15-,16-,20-,21-/m1/s1. The third-order valence-electron chi connectivity index (χ3n) is 6.86. The molecule has 2 fully saturated rings. The molecule has 0 bridgehead atoms. The molecule has 2 saturated heterocycles. The Balaban J connectivity index is 1.14. The van der Waals surface area contributed by atoms with Gasteiger partial charge in [0.15, 0.2) is 30.1 Å². The number of hydrogen-bond acceptors (Lipinski definition) is 17. The molecular formula is C21H28N8O14P2. The number of nitrogen functional groups attached to an aromatic ring is 2. The number of aliphatic hydroxyl groups excluding tert-OH is 3. The van der Waals surface area contributed by atoms with Gasteiger partial charge < -0.3 is 45.4 Å². The fourth-order valence-corrected chi connectivity index (χ4v) is 6.69. The Hall–Kier alpha value is -3.05. The number of carbonyl (C=O) groups is 1. The average Bonchev–Trinajstić information content (AvgIpc) is 3.64. The predicted molar refractivity (Wildman–Crippen MR) is 140 cm³/mol. The van der Waals surface area contributed by atoms with Crippen molar-refractivity contribution in [1.29, 1.82) is 0 Å². The van der Waals surface area contributed by atoms with Gasteiger partial charge in [-0.3, -0.25) is 23.8 Å². The number of fused-ring (bicyclic) bond motifs is 1. The van der Waals surface area contributed by atoms with Crippen LogP contribution in [0.25, 0.3) is 11.2 Å². The summed E-state index contributed by atoms with van der Waals surface area (Å²) in [6.45, 7) is -1.83. The zero-order valence-corrected chi connectivity index (χ0v) is 24.5. The van der Waals surface area contributed by atoms with Crippen LogP contribution in [0.15, 0.2) is 37.2 Å². The molecule has 22 nitrogen and oxygen atoms in total. The van der Waals surface area contributed by atoms with Crippen molar-refractivity contribution in [3.63, 3.8) is 0 Å². The van der Waals surface area contributed by atoms with Crippen molar-refractivity contribution in [2.45, 2.75) is 49.1 Å². The molecule has 24 heteroatoms. The molecule has 45 heavy (non-hydrogen) atoms. The van der Waals surface area contributed by atoms with Crippen molar-refractivity contribution in [3.05, 3.63) is 42.7 Å². The average molecular weight is 678 g/mol. The number of hydrogen-bond donors (Lipinski definition) is 8. The van der Waals surface area contributed by atoms with Crippen LogP contribution in [0.1, 0.15) is 22.8 Å². The summed E-state index contributed by atoms with van der Waals surface area (Å²) in [5.41, 5.74) is 8.20. The lowest BCUT2D eigenvalue weighted by Crippen LogP contribution is -2.51. The van der Waals surface area contributed by atoms with Crippen molar-refractivity contribution in [3.8, 4) is 0 Å². The first-order valence-electron chi connectivity index (χ1n) is 12.8. The van der Waals surface area contributed by atoms with E-state index in [-0.39, 0.29) is 22.5 Å². The van der Waals surface area contributed by atoms with Crippen LogP contribution in [0.5, 0.6) is 0 Å². The van der Waals surface area contributed by atoms with Gasteiger partial charge in [-0.15, -0.1) is 0 Å². The largest absolute Gasteiger partial charge is 0.843 e. The molecular weight excluding hydrogens is 650 g/mol. The summed E-state index contributed by atoms with van der Waals surface area (Å²) in [5.74, 6) is 4.52. The maximum absolute atomic E-state index is 12.6. The van der Waals surface area contributed by atoms with Crippen LogP contribution < -0.4 is 26.7 Å². The van der Waals surface area contributed by atoms with E-state index in [1.54, 1.807) is 0 Å². The monoisotopic (exact) mass is 678 g/mol. The number of pyridine rings is 1. The number of amides is 1. The highest BCUT2D eigenvalue weighted by Crippen LogP contribution is 2.60. The van der Waals surface area contributed by atoms with Gasteiger partial charge in [-0.2, -0.15) is 8.88 Å². The summed E-state index contributed by atoms with van der Waals surface area (Å²) in [4.78, 5) is 43.5. The van der Waals surface area contributed by atoms with Crippen LogP contribution in [0, 0.1) is 0 Å². The molecule has 0 radical (unpaired) electrons. The summed E-state index contributed by atoms with van der Waals surface area (Å²) < 4.78 is 51.9. The first-order chi connectivity index (χ1) is 21.2. The van der Waals surface area contributed by atoms with Gasteiger partial charge in [0.2, 0.25) is 0 Å². The van der Waals surface area contributed by atoms with Crippen LogP contribution in [0.4, 0.5) is 5.82 Å². The van der Waals surface area contributed by atoms with Crippen molar-refractivity contribution < 1.29 is 71.5 Å². The quantitative estimate of drug-likeness (QED) is 0.0314. The van der Waals surface area contributed by atoms with E-state index in [0.717, 1.165) is 6.33 Å². The number of aliphatic hydroxyl groups is 3. The van der Waals surface area contributed by atoms with E-state index in [2.05, 4.69) is 23.8 Å². The topological polar surface area (TPSA) is 333 Å². The number of phosphoric acid groups is 2. The highest BCUT2D eigenvalue weighted by molar-refractivity contribution is 7.61. The van der Waals surface area contributed by atoms with Crippen molar-refractivity contribution in [2.24, 2.45) is 5.84 Å². The first-order valence-corrected chi connectivity index (χ1v) is 15.8. The van der Waals surface area contributed by atoms with Crippen LogP contribution >= 0.6 is 15.6 Å². The third kappa shape index (κ3) is 7.04. The smallest absolute Gasteiger partial charge is 0.481 e. The number of phosphoric ester groups is 2. The maximum atomic E-state index is 12.6. The Morgan fingerprint density at radius 1 is 1.02 bits per heavy atom. The molecule has 3 aromatic rings. The number of nitrogens with zero attached hydrogens (tertiary/aromatic N) is 5.